The largest absolute Gasteiger partial charge is 0.495 e. The minimum absolute atomic E-state index is 0.196. The zero-order valence-corrected chi connectivity index (χ0v) is 15.1. The van der Waals surface area contributed by atoms with Gasteiger partial charge in [-0.3, -0.25) is 4.79 Å². The number of hydrogen-bond donors (Lipinski definition) is 1. The smallest absolute Gasteiger partial charge is 0.291 e. The van der Waals surface area contributed by atoms with E-state index in [1.54, 1.807) is 30.3 Å². The maximum Gasteiger partial charge on any atom is 0.291 e. The Balaban J connectivity index is 1.81. The van der Waals surface area contributed by atoms with Crippen LogP contribution in [0.2, 0.25) is 10.0 Å². The van der Waals surface area contributed by atoms with Gasteiger partial charge < -0.3 is 14.5 Å². The van der Waals surface area contributed by atoms with Crippen molar-refractivity contribution in [2.75, 3.05) is 12.4 Å². The zero-order chi connectivity index (χ0) is 18.0. The monoisotopic (exact) mass is 375 g/mol. The van der Waals surface area contributed by atoms with E-state index in [4.69, 9.17) is 32.4 Å². The summed E-state index contributed by atoms with van der Waals surface area (Å²) in [6.45, 7) is 1.90. The number of nitrogens with one attached hydrogen (secondary N) is 1. The van der Waals surface area contributed by atoms with Gasteiger partial charge >= 0.3 is 0 Å². The number of amides is 1. The van der Waals surface area contributed by atoms with Crippen molar-refractivity contribution in [3.05, 3.63) is 69.9 Å². The lowest BCUT2D eigenvalue weighted by Crippen LogP contribution is -2.10. The molecule has 0 saturated carbocycles. The number of carbonyl (C=O) groups excluding carboxylic acids is 1. The highest BCUT2D eigenvalue weighted by atomic mass is 35.5. The van der Waals surface area contributed by atoms with Gasteiger partial charge in [0.15, 0.2) is 5.76 Å². The van der Waals surface area contributed by atoms with Gasteiger partial charge in [0.1, 0.15) is 11.5 Å². The molecule has 6 heteroatoms. The second-order valence-electron chi connectivity index (χ2n) is 5.38. The summed E-state index contributed by atoms with van der Waals surface area (Å²) in [7, 11) is 1.53. The van der Waals surface area contributed by atoms with Crippen molar-refractivity contribution in [2.45, 2.75) is 6.92 Å². The molecule has 1 N–H and O–H groups in total. The molecule has 0 fully saturated rings. The van der Waals surface area contributed by atoms with E-state index in [0.717, 1.165) is 11.1 Å². The third-order valence-corrected chi connectivity index (χ3v) is 4.48. The van der Waals surface area contributed by atoms with Crippen molar-refractivity contribution in [2.24, 2.45) is 0 Å². The summed E-state index contributed by atoms with van der Waals surface area (Å²) < 4.78 is 10.8. The highest BCUT2D eigenvalue weighted by molar-refractivity contribution is 6.32. The number of rotatable bonds is 4. The Labute approximate surface area is 155 Å². The summed E-state index contributed by atoms with van der Waals surface area (Å²) in [5.41, 5.74) is 2.29. The highest BCUT2D eigenvalue weighted by Crippen LogP contribution is 2.30. The summed E-state index contributed by atoms with van der Waals surface area (Å²) in [5, 5.41) is 3.80. The maximum atomic E-state index is 12.4. The van der Waals surface area contributed by atoms with Gasteiger partial charge in [-0.25, -0.2) is 0 Å². The molecule has 3 aromatic rings. The molecule has 0 aliphatic rings. The molecule has 1 aromatic heterocycles. The number of furan rings is 1. The number of anilines is 1. The van der Waals surface area contributed by atoms with Crippen LogP contribution in [0.15, 0.2) is 52.9 Å². The Morgan fingerprint density at radius 3 is 2.60 bits per heavy atom. The Hall–Kier alpha value is -2.43. The molecule has 0 unspecified atom stereocenters. The molecule has 1 heterocycles. The van der Waals surface area contributed by atoms with E-state index in [1.807, 2.05) is 25.1 Å². The van der Waals surface area contributed by atoms with E-state index < -0.39 is 0 Å². The van der Waals surface area contributed by atoms with Crippen LogP contribution < -0.4 is 10.1 Å². The molecule has 1 amide bonds. The average molecular weight is 376 g/mol. The summed E-state index contributed by atoms with van der Waals surface area (Å²) >= 11 is 12.2. The van der Waals surface area contributed by atoms with Crippen molar-refractivity contribution in [3.63, 3.8) is 0 Å². The molecule has 0 aliphatic heterocycles. The molecule has 0 radical (unpaired) electrons. The lowest BCUT2D eigenvalue weighted by atomic mass is 10.1. The quantitative estimate of drug-likeness (QED) is 0.624. The second kappa shape index (κ2) is 7.21. The molecule has 4 nitrogen and oxygen atoms in total. The van der Waals surface area contributed by atoms with Gasteiger partial charge in [-0.1, -0.05) is 35.3 Å². The number of carbonyl (C=O) groups is 1. The van der Waals surface area contributed by atoms with Crippen LogP contribution in [0.25, 0.3) is 11.3 Å². The topological polar surface area (TPSA) is 51.5 Å². The molecule has 0 atom stereocenters. The van der Waals surface area contributed by atoms with Gasteiger partial charge in [0.25, 0.3) is 5.91 Å². The first kappa shape index (κ1) is 17.4. The van der Waals surface area contributed by atoms with Gasteiger partial charge in [-0.2, -0.15) is 0 Å². The Kier molecular flexibility index (Phi) is 5.02. The number of ether oxygens (including phenoxy) is 1. The van der Waals surface area contributed by atoms with Crippen molar-refractivity contribution in [3.8, 4) is 17.1 Å². The predicted molar refractivity (Wildman–Crippen MR) is 99.8 cm³/mol. The first-order chi connectivity index (χ1) is 12.0. The lowest BCUT2D eigenvalue weighted by molar-refractivity contribution is 0.0997. The van der Waals surface area contributed by atoms with Crippen molar-refractivity contribution >= 4 is 34.8 Å². The standard InChI is InChI=1S/C19H15Cl2NO3/c1-11-13(4-3-5-14(11)20)16-8-9-18(25-16)19(23)22-12-6-7-17(24-2)15(21)10-12/h3-10H,1-2H3,(H,22,23). The van der Waals surface area contributed by atoms with Gasteiger partial charge in [-0.15, -0.1) is 0 Å². The highest BCUT2D eigenvalue weighted by Gasteiger charge is 2.15. The van der Waals surface area contributed by atoms with Crippen LogP contribution in [0.4, 0.5) is 5.69 Å². The lowest BCUT2D eigenvalue weighted by Gasteiger charge is -2.07. The molecule has 3 rings (SSSR count). The third-order valence-electron chi connectivity index (χ3n) is 3.77. The zero-order valence-electron chi connectivity index (χ0n) is 13.6. The van der Waals surface area contributed by atoms with Crippen molar-refractivity contribution < 1.29 is 13.9 Å². The number of halogens is 2. The van der Waals surface area contributed by atoms with E-state index in [9.17, 15) is 4.79 Å². The van der Waals surface area contributed by atoms with Crippen molar-refractivity contribution in [1.82, 2.24) is 0 Å². The molecular weight excluding hydrogens is 361 g/mol. The van der Waals surface area contributed by atoms with Crippen LogP contribution >= 0.6 is 23.2 Å². The van der Waals surface area contributed by atoms with Crippen LogP contribution in [-0.2, 0) is 0 Å². The molecule has 25 heavy (non-hydrogen) atoms. The molecule has 128 valence electrons. The fourth-order valence-corrected chi connectivity index (χ4v) is 2.85. The van der Waals surface area contributed by atoms with E-state index >= 15 is 0 Å². The first-order valence-electron chi connectivity index (χ1n) is 7.50. The first-order valence-corrected chi connectivity index (χ1v) is 8.25. The predicted octanol–water partition coefficient (Wildman–Crippen LogP) is 5.82. The SMILES string of the molecule is COc1ccc(NC(=O)c2ccc(-c3cccc(Cl)c3C)o2)cc1Cl. The minimum atomic E-state index is -0.368. The van der Waals surface area contributed by atoms with Gasteiger partial charge in [-0.05, 0) is 48.9 Å². The molecule has 0 saturated heterocycles. The van der Waals surface area contributed by atoms with E-state index in [2.05, 4.69) is 5.32 Å². The van der Waals surface area contributed by atoms with E-state index in [1.165, 1.54) is 7.11 Å². The minimum Gasteiger partial charge on any atom is -0.495 e. The fourth-order valence-electron chi connectivity index (χ4n) is 2.42. The van der Waals surface area contributed by atoms with Gasteiger partial charge in [0.05, 0.1) is 12.1 Å². The van der Waals surface area contributed by atoms with Crippen LogP contribution in [0.5, 0.6) is 5.75 Å². The van der Waals surface area contributed by atoms with Gasteiger partial charge in [0, 0.05) is 16.3 Å². The summed E-state index contributed by atoms with van der Waals surface area (Å²) in [6, 6.07) is 13.9. The molecular formula is C19H15Cl2NO3. The summed E-state index contributed by atoms with van der Waals surface area (Å²) in [4.78, 5) is 12.4. The Morgan fingerprint density at radius 1 is 1.08 bits per heavy atom. The average Bonchev–Trinajstić information content (AvgIpc) is 3.07. The van der Waals surface area contributed by atoms with Crippen molar-refractivity contribution in [1.29, 1.82) is 0 Å². The second-order valence-corrected chi connectivity index (χ2v) is 6.19. The molecule has 0 spiro atoms. The molecule has 2 aromatic carbocycles. The maximum absolute atomic E-state index is 12.4. The van der Waals surface area contributed by atoms with Crippen LogP contribution in [-0.4, -0.2) is 13.0 Å². The summed E-state index contributed by atoms with van der Waals surface area (Å²) in [5.74, 6) is 0.947. The molecule has 0 aliphatic carbocycles. The Bertz CT molecular complexity index is 934. The third kappa shape index (κ3) is 3.65. The number of hydrogen-bond acceptors (Lipinski definition) is 3. The van der Waals surface area contributed by atoms with E-state index in [0.29, 0.717) is 27.2 Å². The number of methoxy groups -OCH3 is 1. The van der Waals surface area contributed by atoms with Crippen LogP contribution in [0, 0.1) is 6.92 Å². The van der Waals surface area contributed by atoms with Crippen LogP contribution in [0.1, 0.15) is 16.1 Å². The summed E-state index contributed by atoms with van der Waals surface area (Å²) in [6.07, 6.45) is 0. The number of benzene rings is 2. The molecule has 0 bridgehead atoms. The van der Waals surface area contributed by atoms with Crippen LogP contribution in [0.3, 0.4) is 0 Å². The van der Waals surface area contributed by atoms with E-state index in [-0.39, 0.29) is 11.7 Å². The normalized spacial score (nSPS) is 10.6. The van der Waals surface area contributed by atoms with Gasteiger partial charge in [0.2, 0.25) is 0 Å². The Morgan fingerprint density at radius 2 is 1.88 bits per heavy atom. The fraction of sp³-hybridized carbons (Fsp3) is 0.105.